The highest BCUT2D eigenvalue weighted by Gasteiger charge is 2.35. The van der Waals surface area contributed by atoms with E-state index in [1.807, 2.05) is 0 Å². The lowest BCUT2D eigenvalue weighted by Gasteiger charge is -2.21. The van der Waals surface area contributed by atoms with Gasteiger partial charge in [-0.25, -0.2) is 4.68 Å². The third kappa shape index (κ3) is 4.52. The zero-order chi connectivity index (χ0) is 17.2. The van der Waals surface area contributed by atoms with Crippen molar-refractivity contribution in [1.29, 1.82) is 0 Å². The Labute approximate surface area is 149 Å². The highest BCUT2D eigenvalue weighted by molar-refractivity contribution is 5.92. The molecule has 1 saturated heterocycles. The average molecular weight is 375 g/mol. The number of nitrogens with one attached hydrogen (secondary N) is 2. The third-order valence-electron chi connectivity index (χ3n) is 4.02. The van der Waals surface area contributed by atoms with Gasteiger partial charge in [-0.1, -0.05) is 0 Å². The fourth-order valence-corrected chi connectivity index (χ4v) is 2.74. The van der Waals surface area contributed by atoms with Crippen LogP contribution in [0.3, 0.4) is 0 Å². The molecular formula is C16H18ClF3N4O. The van der Waals surface area contributed by atoms with Crippen LogP contribution in [0.5, 0.6) is 0 Å². The number of halogens is 4. The monoisotopic (exact) mass is 374 g/mol. The van der Waals surface area contributed by atoms with E-state index >= 15 is 0 Å². The van der Waals surface area contributed by atoms with E-state index in [1.165, 1.54) is 12.1 Å². The smallest absolute Gasteiger partial charge is 0.326 e. The van der Waals surface area contributed by atoms with Gasteiger partial charge in [0.2, 0.25) is 5.91 Å². The molecule has 0 saturated carbocycles. The minimum atomic E-state index is -4.47. The number of rotatable bonds is 3. The van der Waals surface area contributed by atoms with E-state index in [0.29, 0.717) is 5.69 Å². The third-order valence-corrected chi connectivity index (χ3v) is 4.02. The molecular weight excluding hydrogens is 357 g/mol. The van der Waals surface area contributed by atoms with E-state index in [-0.39, 0.29) is 29.9 Å². The standard InChI is InChI=1S/C16H17F3N4O.ClH/c17-16(18,19)14-7-10-21-23(14)13-3-1-12(2-4-13)22-15(24)11-5-8-20-9-6-11;/h1-4,7,10-11,20H,5-6,8-9H2,(H,22,24);1H. The number of aromatic nitrogens is 2. The largest absolute Gasteiger partial charge is 0.433 e. The number of hydrogen-bond acceptors (Lipinski definition) is 3. The van der Waals surface area contributed by atoms with Crippen molar-refractivity contribution >= 4 is 24.0 Å². The van der Waals surface area contributed by atoms with Gasteiger partial charge in [-0.15, -0.1) is 12.4 Å². The van der Waals surface area contributed by atoms with Crippen molar-refractivity contribution < 1.29 is 18.0 Å². The van der Waals surface area contributed by atoms with Gasteiger partial charge in [0.05, 0.1) is 11.9 Å². The molecule has 0 bridgehead atoms. The molecule has 0 aliphatic carbocycles. The predicted molar refractivity (Wildman–Crippen MR) is 90.0 cm³/mol. The Hall–Kier alpha value is -2.06. The van der Waals surface area contributed by atoms with Crippen molar-refractivity contribution in [1.82, 2.24) is 15.1 Å². The van der Waals surface area contributed by atoms with Crippen LogP contribution in [-0.4, -0.2) is 28.8 Å². The second-order valence-electron chi connectivity index (χ2n) is 5.69. The van der Waals surface area contributed by atoms with Crippen molar-refractivity contribution in [2.45, 2.75) is 19.0 Å². The summed E-state index contributed by atoms with van der Waals surface area (Å²) in [6.07, 6.45) is -1.80. The summed E-state index contributed by atoms with van der Waals surface area (Å²) >= 11 is 0. The van der Waals surface area contributed by atoms with Gasteiger partial charge in [0.25, 0.3) is 0 Å². The number of hydrogen-bond donors (Lipinski definition) is 2. The van der Waals surface area contributed by atoms with Crippen LogP contribution < -0.4 is 10.6 Å². The molecule has 9 heteroatoms. The Balaban J connectivity index is 0.00000225. The Kier molecular flexibility index (Phi) is 6.07. The van der Waals surface area contributed by atoms with Gasteiger partial charge in [0, 0.05) is 11.6 Å². The molecule has 0 atom stereocenters. The van der Waals surface area contributed by atoms with Crippen molar-refractivity contribution in [3.8, 4) is 5.69 Å². The number of nitrogens with zero attached hydrogens (tertiary/aromatic N) is 2. The summed E-state index contributed by atoms with van der Waals surface area (Å²) in [6, 6.07) is 7.08. The highest BCUT2D eigenvalue weighted by atomic mass is 35.5. The topological polar surface area (TPSA) is 59.0 Å². The van der Waals surface area contributed by atoms with Gasteiger partial charge in [0.15, 0.2) is 0 Å². The van der Waals surface area contributed by atoms with Crippen LogP contribution in [0.1, 0.15) is 18.5 Å². The highest BCUT2D eigenvalue weighted by Crippen LogP contribution is 2.30. The maximum atomic E-state index is 12.9. The molecule has 2 heterocycles. The molecule has 1 aromatic heterocycles. The van der Waals surface area contributed by atoms with E-state index in [0.717, 1.165) is 42.9 Å². The summed E-state index contributed by atoms with van der Waals surface area (Å²) < 4.78 is 39.5. The SMILES string of the molecule is Cl.O=C(Nc1ccc(-n2nccc2C(F)(F)F)cc1)C1CCNCC1. The zero-order valence-corrected chi connectivity index (χ0v) is 14.0. The molecule has 0 radical (unpaired) electrons. The van der Waals surface area contributed by atoms with Gasteiger partial charge in [-0.3, -0.25) is 4.79 Å². The lowest BCUT2D eigenvalue weighted by atomic mass is 9.97. The molecule has 1 aliphatic heterocycles. The van der Waals surface area contributed by atoms with Crippen molar-refractivity contribution in [2.75, 3.05) is 18.4 Å². The molecule has 0 unspecified atom stereocenters. The fraction of sp³-hybridized carbons (Fsp3) is 0.375. The maximum Gasteiger partial charge on any atom is 0.433 e. The minimum Gasteiger partial charge on any atom is -0.326 e. The van der Waals surface area contributed by atoms with Crippen LogP contribution in [0.2, 0.25) is 0 Å². The summed E-state index contributed by atoms with van der Waals surface area (Å²) in [4.78, 5) is 12.2. The Morgan fingerprint density at radius 3 is 2.40 bits per heavy atom. The van der Waals surface area contributed by atoms with Crippen LogP contribution in [0, 0.1) is 5.92 Å². The number of carbonyl (C=O) groups excluding carboxylic acids is 1. The Morgan fingerprint density at radius 1 is 1.16 bits per heavy atom. The molecule has 1 amide bonds. The lowest BCUT2D eigenvalue weighted by Crippen LogP contribution is -2.34. The van der Waals surface area contributed by atoms with E-state index in [1.54, 1.807) is 12.1 Å². The minimum absolute atomic E-state index is 0. The van der Waals surface area contributed by atoms with E-state index in [4.69, 9.17) is 0 Å². The summed E-state index contributed by atoms with van der Waals surface area (Å²) in [6.45, 7) is 1.63. The fourth-order valence-electron chi connectivity index (χ4n) is 2.74. The molecule has 25 heavy (non-hydrogen) atoms. The van der Waals surface area contributed by atoms with E-state index in [2.05, 4.69) is 15.7 Å². The molecule has 0 spiro atoms. The molecule has 1 aromatic carbocycles. The van der Waals surface area contributed by atoms with Crippen LogP contribution in [-0.2, 0) is 11.0 Å². The van der Waals surface area contributed by atoms with Crippen LogP contribution in [0.4, 0.5) is 18.9 Å². The molecule has 1 aliphatic rings. The van der Waals surface area contributed by atoms with E-state index < -0.39 is 11.9 Å². The number of carbonyl (C=O) groups is 1. The van der Waals surface area contributed by atoms with Gasteiger partial charge in [0.1, 0.15) is 5.69 Å². The van der Waals surface area contributed by atoms with Crippen molar-refractivity contribution in [3.63, 3.8) is 0 Å². The normalized spacial score (nSPS) is 15.5. The van der Waals surface area contributed by atoms with Gasteiger partial charge in [-0.2, -0.15) is 18.3 Å². The van der Waals surface area contributed by atoms with Crippen LogP contribution in [0.15, 0.2) is 36.5 Å². The van der Waals surface area contributed by atoms with Crippen LogP contribution in [0.25, 0.3) is 5.69 Å². The van der Waals surface area contributed by atoms with E-state index in [9.17, 15) is 18.0 Å². The molecule has 136 valence electrons. The first-order chi connectivity index (χ1) is 11.4. The van der Waals surface area contributed by atoms with Gasteiger partial charge < -0.3 is 10.6 Å². The number of amides is 1. The summed E-state index contributed by atoms with van der Waals surface area (Å²) in [5, 5.41) is 9.72. The van der Waals surface area contributed by atoms with Crippen LogP contribution >= 0.6 is 12.4 Å². The second kappa shape index (κ2) is 7.88. The average Bonchev–Trinajstić information content (AvgIpc) is 3.06. The predicted octanol–water partition coefficient (Wildman–Crippen LogP) is 3.25. The first-order valence-corrected chi connectivity index (χ1v) is 7.68. The summed E-state index contributed by atoms with van der Waals surface area (Å²) in [7, 11) is 0. The number of anilines is 1. The number of piperidine rings is 1. The molecule has 1 fully saturated rings. The molecule has 2 aromatic rings. The Morgan fingerprint density at radius 2 is 1.80 bits per heavy atom. The Bertz CT molecular complexity index is 709. The van der Waals surface area contributed by atoms with Crippen molar-refractivity contribution in [2.24, 2.45) is 5.92 Å². The maximum absolute atomic E-state index is 12.9. The molecule has 3 rings (SSSR count). The first-order valence-electron chi connectivity index (χ1n) is 7.68. The summed E-state index contributed by atoms with van der Waals surface area (Å²) in [5.41, 5.74) is 0.00387. The zero-order valence-electron chi connectivity index (χ0n) is 13.2. The van der Waals surface area contributed by atoms with Gasteiger partial charge in [-0.05, 0) is 56.3 Å². The number of benzene rings is 1. The number of alkyl halides is 3. The lowest BCUT2D eigenvalue weighted by molar-refractivity contribution is -0.142. The quantitative estimate of drug-likeness (QED) is 0.867. The molecule has 2 N–H and O–H groups in total. The first kappa shape index (κ1) is 19.3. The second-order valence-corrected chi connectivity index (χ2v) is 5.69. The van der Waals surface area contributed by atoms with Crippen molar-refractivity contribution in [3.05, 3.63) is 42.2 Å². The summed E-state index contributed by atoms with van der Waals surface area (Å²) in [5.74, 6) is -0.0896. The molecule has 5 nitrogen and oxygen atoms in total. The van der Waals surface area contributed by atoms with Gasteiger partial charge >= 0.3 is 6.18 Å².